The molecule has 0 saturated carbocycles. The Morgan fingerprint density at radius 3 is 2.46 bits per heavy atom. The number of nitrogens with one attached hydrogen (secondary N) is 1. The van der Waals surface area contributed by atoms with Crippen LogP contribution in [0, 0.1) is 20.8 Å². The van der Waals surface area contributed by atoms with E-state index in [1.54, 1.807) is 31.4 Å². The van der Waals surface area contributed by atoms with Crippen LogP contribution in [0.25, 0.3) is 11.8 Å². The molecular formula is C26H24ClN3O4S. The van der Waals surface area contributed by atoms with E-state index in [1.165, 1.54) is 0 Å². The van der Waals surface area contributed by atoms with Gasteiger partial charge in [0.25, 0.3) is 11.1 Å². The molecule has 1 N–H and O–H groups in total. The number of nitrogens with zero attached hydrogens (tertiary/aromatic N) is 2. The summed E-state index contributed by atoms with van der Waals surface area (Å²) in [5, 5.41) is 2.71. The molecule has 1 saturated heterocycles. The van der Waals surface area contributed by atoms with Crippen LogP contribution in [0.15, 0.2) is 53.4 Å². The molecule has 1 aliphatic rings. The van der Waals surface area contributed by atoms with Crippen LogP contribution in [0.4, 0.5) is 10.5 Å². The molecule has 0 atom stereocenters. The van der Waals surface area contributed by atoms with Gasteiger partial charge in [0.2, 0.25) is 5.91 Å². The fraction of sp³-hybridized carbons (Fsp3) is 0.192. The number of anilines is 1. The van der Waals surface area contributed by atoms with E-state index in [4.69, 9.17) is 16.3 Å². The van der Waals surface area contributed by atoms with Crippen LogP contribution in [0.5, 0.6) is 5.75 Å². The molecule has 1 aliphatic heterocycles. The number of hydrogen-bond acceptors (Lipinski definition) is 5. The van der Waals surface area contributed by atoms with Crippen LogP contribution in [0.2, 0.25) is 5.02 Å². The number of hydrogen-bond donors (Lipinski definition) is 1. The first-order valence-corrected chi connectivity index (χ1v) is 12.0. The molecule has 2 aromatic carbocycles. The van der Waals surface area contributed by atoms with E-state index >= 15 is 0 Å². The van der Waals surface area contributed by atoms with Gasteiger partial charge in [-0.15, -0.1) is 0 Å². The van der Waals surface area contributed by atoms with Gasteiger partial charge < -0.3 is 14.6 Å². The molecule has 3 amide bonds. The quantitative estimate of drug-likeness (QED) is 0.428. The summed E-state index contributed by atoms with van der Waals surface area (Å²) in [5.41, 5.74) is 5.07. The van der Waals surface area contributed by atoms with Gasteiger partial charge in [-0.3, -0.25) is 19.3 Å². The predicted molar refractivity (Wildman–Crippen MR) is 139 cm³/mol. The summed E-state index contributed by atoms with van der Waals surface area (Å²) in [4.78, 5) is 39.2. The summed E-state index contributed by atoms with van der Waals surface area (Å²) in [6.07, 6.45) is 1.70. The van der Waals surface area contributed by atoms with Crippen LogP contribution in [-0.2, 0) is 9.59 Å². The third-order valence-electron chi connectivity index (χ3n) is 5.72. The highest BCUT2D eigenvalue weighted by Gasteiger charge is 2.36. The topological polar surface area (TPSA) is 80.6 Å². The van der Waals surface area contributed by atoms with Crippen molar-refractivity contribution < 1.29 is 19.1 Å². The van der Waals surface area contributed by atoms with Crippen LogP contribution in [0.3, 0.4) is 0 Å². The number of aromatic nitrogens is 1. The number of amides is 3. The first-order valence-electron chi connectivity index (χ1n) is 10.8. The maximum absolute atomic E-state index is 12.9. The Bertz CT molecular complexity index is 1360. The molecule has 3 aromatic rings. The summed E-state index contributed by atoms with van der Waals surface area (Å²) < 4.78 is 7.30. The van der Waals surface area contributed by atoms with Gasteiger partial charge in [-0.25, -0.2) is 0 Å². The Kier molecular flexibility index (Phi) is 7.05. The van der Waals surface area contributed by atoms with E-state index < -0.39 is 17.1 Å². The molecule has 0 bridgehead atoms. The monoisotopic (exact) mass is 509 g/mol. The zero-order chi connectivity index (χ0) is 25.3. The van der Waals surface area contributed by atoms with Crippen molar-refractivity contribution in [3.05, 3.63) is 81.0 Å². The number of benzene rings is 2. The molecule has 4 rings (SSSR count). The number of methoxy groups -OCH3 is 1. The van der Waals surface area contributed by atoms with Crippen molar-refractivity contribution in [3.8, 4) is 11.4 Å². The number of imide groups is 1. The Hall–Kier alpha value is -3.49. The molecule has 7 nitrogen and oxygen atoms in total. The number of carbonyl (C=O) groups excluding carboxylic acids is 3. The lowest BCUT2D eigenvalue weighted by Crippen LogP contribution is -2.36. The van der Waals surface area contributed by atoms with Crippen LogP contribution >= 0.6 is 23.4 Å². The smallest absolute Gasteiger partial charge is 0.294 e. The van der Waals surface area contributed by atoms with Crippen molar-refractivity contribution in [1.29, 1.82) is 0 Å². The Labute approximate surface area is 212 Å². The highest BCUT2D eigenvalue weighted by atomic mass is 35.5. The lowest BCUT2D eigenvalue weighted by molar-refractivity contribution is -0.127. The van der Waals surface area contributed by atoms with Crippen LogP contribution in [-0.4, -0.2) is 40.2 Å². The third-order valence-corrected chi connectivity index (χ3v) is 7.03. The van der Waals surface area contributed by atoms with E-state index in [0.29, 0.717) is 10.7 Å². The average molecular weight is 510 g/mol. The van der Waals surface area contributed by atoms with E-state index in [1.807, 2.05) is 51.1 Å². The fourth-order valence-electron chi connectivity index (χ4n) is 3.85. The van der Waals surface area contributed by atoms with Gasteiger partial charge in [0, 0.05) is 27.8 Å². The fourth-order valence-corrected chi connectivity index (χ4v) is 4.86. The van der Waals surface area contributed by atoms with E-state index in [2.05, 4.69) is 9.88 Å². The summed E-state index contributed by atoms with van der Waals surface area (Å²) in [6, 6.07) is 14.8. The zero-order valence-corrected chi connectivity index (χ0v) is 21.3. The number of halogens is 1. The van der Waals surface area contributed by atoms with E-state index in [-0.39, 0.29) is 11.4 Å². The Morgan fingerprint density at radius 2 is 1.80 bits per heavy atom. The molecule has 0 unspecified atom stereocenters. The molecule has 0 radical (unpaired) electrons. The predicted octanol–water partition coefficient (Wildman–Crippen LogP) is 5.74. The molecule has 1 fully saturated rings. The van der Waals surface area contributed by atoms with Gasteiger partial charge >= 0.3 is 0 Å². The molecule has 180 valence electrons. The van der Waals surface area contributed by atoms with Crippen molar-refractivity contribution in [2.45, 2.75) is 20.8 Å². The van der Waals surface area contributed by atoms with Gasteiger partial charge in [0.15, 0.2) is 0 Å². The van der Waals surface area contributed by atoms with Gasteiger partial charge in [0.05, 0.1) is 12.0 Å². The SMILES string of the molecule is COc1ccc(-n2c(C)cc(/C=C3\SC(=O)N(CC(=O)Nc4ccc(C)c(Cl)c4)C3=O)c2C)cc1. The van der Waals surface area contributed by atoms with Crippen molar-refractivity contribution in [1.82, 2.24) is 9.47 Å². The minimum atomic E-state index is -0.494. The molecular weight excluding hydrogens is 486 g/mol. The lowest BCUT2D eigenvalue weighted by atomic mass is 10.2. The second kappa shape index (κ2) is 10.0. The zero-order valence-electron chi connectivity index (χ0n) is 19.7. The van der Waals surface area contributed by atoms with Crippen molar-refractivity contribution >= 4 is 52.2 Å². The number of thioether (sulfide) groups is 1. The largest absolute Gasteiger partial charge is 0.497 e. The highest BCUT2D eigenvalue weighted by molar-refractivity contribution is 8.18. The summed E-state index contributed by atoms with van der Waals surface area (Å²) in [5.74, 6) is -0.211. The van der Waals surface area contributed by atoms with Crippen molar-refractivity contribution in [2.24, 2.45) is 0 Å². The van der Waals surface area contributed by atoms with Gasteiger partial charge in [-0.05, 0) is 92.2 Å². The van der Waals surface area contributed by atoms with Crippen LogP contribution in [0.1, 0.15) is 22.5 Å². The van der Waals surface area contributed by atoms with E-state index in [0.717, 1.165) is 50.6 Å². The second-order valence-electron chi connectivity index (χ2n) is 8.14. The Balaban J connectivity index is 1.51. The third kappa shape index (κ3) is 5.13. The summed E-state index contributed by atoms with van der Waals surface area (Å²) in [6.45, 7) is 5.41. The second-order valence-corrected chi connectivity index (χ2v) is 9.54. The van der Waals surface area contributed by atoms with Crippen LogP contribution < -0.4 is 10.1 Å². The summed E-state index contributed by atoms with van der Waals surface area (Å²) in [7, 11) is 1.62. The first kappa shape index (κ1) is 24.6. The number of ether oxygens (including phenoxy) is 1. The number of aryl methyl sites for hydroxylation is 2. The van der Waals surface area contributed by atoms with Crippen molar-refractivity contribution in [3.63, 3.8) is 0 Å². The number of carbonyl (C=O) groups is 3. The maximum Gasteiger partial charge on any atom is 0.294 e. The van der Waals surface area contributed by atoms with Crippen molar-refractivity contribution in [2.75, 3.05) is 19.0 Å². The van der Waals surface area contributed by atoms with E-state index in [9.17, 15) is 14.4 Å². The minimum Gasteiger partial charge on any atom is -0.497 e. The standard InChI is InChI=1S/C26H24ClN3O4S/c1-15-5-6-19(13-22(15)27)28-24(31)14-29-25(32)23(35-26(29)33)12-18-11-16(2)30(17(18)3)20-7-9-21(34-4)10-8-20/h5-13H,14H2,1-4H3,(H,28,31)/b23-12-. The lowest BCUT2D eigenvalue weighted by Gasteiger charge is -2.13. The minimum absolute atomic E-state index is 0.274. The van der Waals surface area contributed by atoms with Gasteiger partial charge in [0.1, 0.15) is 12.3 Å². The van der Waals surface area contributed by atoms with Gasteiger partial charge in [-0.2, -0.15) is 0 Å². The normalized spacial score (nSPS) is 14.7. The maximum atomic E-state index is 12.9. The number of rotatable bonds is 6. The molecule has 35 heavy (non-hydrogen) atoms. The first-order chi connectivity index (χ1) is 16.7. The molecule has 0 spiro atoms. The average Bonchev–Trinajstić information content (AvgIpc) is 3.25. The highest BCUT2D eigenvalue weighted by Crippen LogP contribution is 2.34. The molecule has 2 heterocycles. The molecule has 1 aromatic heterocycles. The summed E-state index contributed by atoms with van der Waals surface area (Å²) >= 11 is 6.93. The Morgan fingerprint density at radius 1 is 1.09 bits per heavy atom. The molecule has 9 heteroatoms. The molecule has 0 aliphatic carbocycles. The van der Waals surface area contributed by atoms with Gasteiger partial charge in [-0.1, -0.05) is 17.7 Å².